The van der Waals surface area contributed by atoms with Crippen LogP contribution in [0.1, 0.15) is 35.3 Å². The van der Waals surface area contributed by atoms with Gasteiger partial charge in [-0.2, -0.15) is 0 Å². The van der Waals surface area contributed by atoms with Crippen LogP contribution in [0, 0.1) is 18.3 Å². The van der Waals surface area contributed by atoms with Gasteiger partial charge < -0.3 is 4.90 Å². The fraction of sp³-hybridized carbons (Fsp3) is 0.619. The Labute approximate surface area is 161 Å². The number of rotatable bonds is 7. The summed E-state index contributed by atoms with van der Waals surface area (Å²) in [5.41, 5.74) is 1.93. The van der Waals surface area contributed by atoms with Gasteiger partial charge in [0.15, 0.2) is 0 Å². The van der Waals surface area contributed by atoms with E-state index in [1.807, 2.05) is 6.92 Å². The summed E-state index contributed by atoms with van der Waals surface area (Å²) >= 11 is 1.75. The van der Waals surface area contributed by atoms with Crippen molar-refractivity contribution in [3.8, 4) is 0 Å². The van der Waals surface area contributed by atoms with Crippen molar-refractivity contribution < 1.29 is 0 Å². The molecule has 2 aromatic rings. The van der Waals surface area contributed by atoms with E-state index in [0.717, 1.165) is 17.5 Å². The van der Waals surface area contributed by atoms with E-state index in [9.17, 15) is 0 Å². The van der Waals surface area contributed by atoms with Crippen molar-refractivity contribution in [2.24, 2.45) is 11.3 Å². The molecule has 0 amide bonds. The monoisotopic (exact) mass is 370 g/mol. The van der Waals surface area contributed by atoms with Crippen LogP contribution in [0.15, 0.2) is 30.3 Å². The molecule has 26 heavy (non-hydrogen) atoms. The number of likely N-dealkylation sites (tertiary alicyclic amines) is 2. The maximum absolute atomic E-state index is 4.35. The van der Waals surface area contributed by atoms with Crippen LogP contribution in [-0.4, -0.2) is 52.7 Å². The maximum atomic E-state index is 4.35. The number of fused-ring (bicyclic) bond motifs is 1. The highest BCUT2D eigenvalue weighted by Crippen LogP contribution is 2.46. The topological polar surface area (TPSA) is 32.3 Å². The average molecular weight is 371 g/mol. The molecule has 2 unspecified atom stereocenters. The predicted molar refractivity (Wildman–Crippen MR) is 107 cm³/mol. The summed E-state index contributed by atoms with van der Waals surface area (Å²) in [6, 6.07) is 11.0. The lowest BCUT2D eigenvalue weighted by Crippen LogP contribution is -2.35. The molecule has 4 nitrogen and oxygen atoms in total. The van der Waals surface area contributed by atoms with Gasteiger partial charge >= 0.3 is 0 Å². The van der Waals surface area contributed by atoms with Crippen LogP contribution in [0.2, 0.25) is 0 Å². The summed E-state index contributed by atoms with van der Waals surface area (Å²) in [6.45, 7) is 11.5. The van der Waals surface area contributed by atoms with E-state index in [1.165, 1.54) is 62.6 Å². The zero-order chi connectivity index (χ0) is 18.0. The second-order valence-electron chi connectivity index (χ2n) is 8.16. The fourth-order valence-electron chi connectivity index (χ4n) is 5.00. The SMILES string of the molecule is CCCN1CC2CN(Cc3nnc(C)s3)CC2(CCc2ccccc2)C1. The molecule has 140 valence electrons. The van der Waals surface area contributed by atoms with E-state index >= 15 is 0 Å². The first-order valence-corrected chi connectivity index (χ1v) is 10.8. The van der Waals surface area contributed by atoms with Gasteiger partial charge in [-0.3, -0.25) is 4.90 Å². The van der Waals surface area contributed by atoms with E-state index in [1.54, 1.807) is 11.3 Å². The Bertz CT molecular complexity index is 716. The van der Waals surface area contributed by atoms with Crippen molar-refractivity contribution in [3.05, 3.63) is 45.9 Å². The van der Waals surface area contributed by atoms with Gasteiger partial charge in [0.25, 0.3) is 0 Å². The molecule has 0 N–H and O–H groups in total. The Hall–Kier alpha value is -1.30. The Balaban J connectivity index is 1.45. The van der Waals surface area contributed by atoms with Gasteiger partial charge in [-0.1, -0.05) is 37.3 Å². The molecule has 2 atom stereocenters. The average Bonchev–Trinajstić information content (AvgIpc) is 3.27. The third-order valence-electron chi connectivity index (χ3n) is 6.12. The molecule has 2 aliphatic heterocycles. The minimum atomic E-state index is 0.449. The molecule has 1 aromatic heterocycles. The molecule has 3 heterocycles. The normalized spacial score (nSPS) is 26.5. The summed E-state index contributed by atoms with van der Waals surface area (Å²) in [5.74, 6) is 0.798. The largest absolute Gasteiger partial charge is 0.302 e. The number of aromatic nitrogens is 2. The molecule has 2 aliphatic rings. The Morgan fingerprint density at radius 2 is 1.88 bits per heavy atom. The first-order valence-electron chi connectivity index (χ1n) is 9.94. The molecule has 0 spiro atoms. The molecule has 5 heteroatoms. The van der Waals surface area contributed by atoms with Gasteiger partial charge in [-0.15, -0.1) is 21.5 Å². The second kappa shape index (κ2) is 7.75. The van der Waals surface area contributed by atoms with Crippen molar-refractivity contribution in [2.75, 3.05) is 32.7 Å². The van der Waals surface area contributed by atoms with Crippen LogP contribution in [0.3, 0.4) is 0 Å². The fourth-order valence-corrected chi connectivity index (χ4v) is 5.75. The Kier molecular flexibility index (Phi) is 5.39. The molecule has 1 aromatic carbocycles. The number of aryl methyl sites for hydroxylation is 2. The Morgan fingerprint density at radius 3 is 2.62 bits per heavy atom. The van der Waals surface area contributed by atoms with Gasteiger partial charge in [-0.05, 0) is 44.2 Å². The third kappa shape index (κ3) is 3.85. The molecule has 0 radical (unpaired) electrons. The second-order valence-corrected chi connectivity index (χ2v) is 9.43. The number of nitrogens with zero attached hydrogens (tertiary/aromatic N) is 4. The highest BCUT2D eigenvalue weighted by atomic mass is 32.1. The number of hydrogen-bond acceptors (Lipinski definition) is 5. The zero-order valence-corrected chi connectivity index (χ0v) is 16.8. The molecule has 2 fully saturated rings. The summed E-state index contributed by atoms with van der Waals surface area (Å²) in [7, 11) is 0. The van der Waals surface area contributed by atoms with Gasteiger partial charge in [0.05, 0.1) is 6.54 Å². The summed E-state index contributed by atoms with van der Waals surface area (Å²) in [6.07, 6.45) is 3.76. The van der Waals surface area contributed by atoms with E-state index < -0.39 is 0 Å². The highest BCUT2D eigenvalue weighted by molar-refractivity contribution is 7.11. The van der Waals surface area contributed by atoms with Crippen LogP contribution in [0.5, 0.6) is 0 Å². The van der Waals surface area contributed by atoms with Crippen molar-refractivity contribution >= 4 is 11.3 Å². The third-order valence-corrected chi connectivity index (χ3v) is 6.94. The lowest BCUT2D eigenvalue weighted by molar-refractivity contribution is 0.198. The molecule has 0 saturated carbocycles. The van der Waals surface area contributed by atoms with Crippen LogP contribution < -0.4 is 0 Å². The first kappa shape index (κ1) is 18.1. The molecule has 0 bridgehead atoms. The molecular formula is C21H30N4S. The van der Waals surface area contributed by atoms with E-state index in [4.69, 9.17) is 0 Å². The van der Waals surface area contributed by atoms with Gasteiger partial charge in [0.2, 0.25) is 0 Å². The standard InChI is InChI=1S/C21H30N4S/c1-3-11-24-12-19-13-25(14-20-23-22-17(2)26-20)16-21(19,15-24)10-9-18-7-5-4-6-8-18/h4-8,19H,3,9-16H2,1-2H3. The highest BCUT2D eigenvalue weighted by Gasteiger charge is 2.51. The van der Waals surface area contributed by atoms with E-state index in [0.29, 0.717) is 5.41 Å². The minimum absolute atomic E-state index is 0.449. The Morgan fingerprint density at radius 1 is 1.12 bits per heavy atom. The van der Waals surface area contributed by atoms with E-state index in [-0.39, 0.29) is 0 Å². The lowest BCUT2D eigenvalue weighted by Gasteiger charge is -2.29. The molecule has 4 rings (SSSR count). The lowest BCUT2D eigenvalue weighted by atomic mass is 9.76. The predicted octanol–water partition coefficient (Wildman–Crippen LogP) is 3.62. The van der Waals surface area contributed by atoms with E-state index in [2.05, 4.69) is 57.3 Å². The van der Waals surface area contributed by atoms with Crippen molar-refractivity contribution in [1.29, 1.82) is 0 Å². The van der Waals surface area contributed by atoms with Gasteiger partial charge in [-0.25, -0.2) is 0 Å². The smallest absolute Gasteiger partial charge is 0.131 e. The van der Waals surface area contributed by atoms with Crippen molar-refractivity contribution in [3.63, 3.8) is 0 Å². The summed E-state index contributed by atoms with van der Waals surface area (Å²) in [4.78, 5) is 5.35. The van der Waals surface area contributed by atoms with Gasteiger partial charge in [0.1, 0.15) is 10.0 Å². The van der Waals surface area contributed by atoms with Crippen LogP contribution in [0.25, 0.3) is 0 Å². The van der Waals surface area contributed by atoms with Crippen LogP contribution in [-0.2, 0) is 13.0 Å². The molecular weight excluding hydrogens is 340 g/mol. The first-order chi connectivity index (χ1) is 12.7. The quantitative estimate of drug-likeness (QED) is 0.745. The van der Waals surface area contributed by atoms with Gasteiger partial charge in [0, 0.05) is 31.6 Å². The van der Waals surface area contributed by atoms with Crippen molar-refractivity contribution in [2.45, 2.75) is 39.7 Å². The van der Waals surface area contributed by atoms with Crippen LogP contribution >= 0.6 is 11.3 Å². The van der Waals surface area contributed by atoms with Crippen molar-refractivity contribution in [1.82, 2.24) is 20.0 Å². The number of benzene rings is 1. The summed E-state index contributed by atoms with van der Waals surface area (Å²) < 4.78 is 0. The van der Waals surface area contributed by atoms with Crippen LogP contribution in [0.4, 0.5) is 0 Å². The maximum Gasteiger partial charge on any atom is 0.131 e. The summed E-state index contributed by atoms with van der Waals surface area (Å²) in [5, 5.41) is 10.8. The molecule has 0 aliphatic carbocycles. The number of hydrogen-bond donors (Lipinski definition) is 0. The zero-order valence-electron chi connectivity index (χ0n) is 16.0. The molecule has 2 saturated heterocycles. The minimum Gasteiger partial charge on any atom is -0.302 e.